The lowest BCUT2D eigenvalue weighted by Crippen LogP contribution is -2.53. The monoisotopic (exact) mass is 445 g/mol. The summed E-state index contributed by atoms with van der Waals surface area (Å²) in [5.74, 6) is -2.06. The van der Waals surface area contributed by atoms with Gasteiger partial charge in [-0.1, -0.05) is 0 Å². The van der Waals surface area contributed by atoms with E-state index < -0.39 is 72.7 Å². The number of nitriles is 1. The van der Waals surface area contributed by atoms with E-state index in [0.29, 0.717) is 4.90 Å². The highest BCUT2D eigenvalue weighted by Crippen LogP contribution is 2.26. The molecular formula is C13H11ClF3N3O5S2. The van der Waals surface area contributed by atoms with Crippen LogP contribution in [0.2, 0.25) is 0 Å². The van der Waals surface area contributed by atoms with Crippen molar-refractivity contribution in [1.29, 1.82) is 5.26 Å². The Bertz CT molecular complexity index is 1010. The molecule has 0 saturated carbocycles. The van der Waals surface area contributed by atoms with Gasteiger partial charge in [0.25, 0.3) is 9.05 Å². The summed E-state index contributed by atoms with van der Waals surface area (Å²) in [5, 5.41) is 9.13. The molecule has 1 aromatic carbocycles. The van der Waals surface area contributed by atoms with Crippen molar-refractivity contribution in [3.63, 3.8) is 0 Å². The molecule has 1 saturated heterocycles. The van der Waals surface area contributed by atoms with Crippen LogP contribution in [0, 0.1) is 11.3 Å². The van der Waals surface area contributed by atoms with Crippen molar-refractivity contribution in [3.8, 4) is 6.07 Å². The van der Waals surface area contributed by atoms with Crippen molar-refractivity contribution in [3.05, 3.63) is 23.8 Å². The number of halogens is 4. The highest BCUT2D eigenvalue weighted by molar-refractivity contribution is 8.13. The molecule has 1 aliphatic rings. The molecule has 27 heavy (non-hydrogen) atoms. The van der Waals surface area contributed by atoms with Crippen LogP contribution in [0.5, 0.6) is 0 Å². The van der Waals surface area contributed by atoms with Gasteiger partial charge in [-0.15, -0.1) is 0 Å². The van der Waals surface area contributed by atoms with Gasteiger partial charge >= 0.3 is 12.1 Å². The maximum Gasteiger partial charge on any atom is 0.471 e. The third kappa shape index (κ3) is 4.52. The van der Waals surface area contributed by atoms with E-state index in [4.69, 9.17) is 15.9 Å². The maximum atomic E-state index is 12.7. The Balaban J connectivity index is 2.28. The second-order valence-corrected chi connectivity index (χ2v) is 9.87. The number of hydrogen-bond acceptors (Lipinski definition) is 6. The van der Waals surface area contributed by atoms with E-state index in [2.05, 4.69) is 0 Å². The summed E-state index contributed by atoms with van der Waals surface area (Å²) in [5.41, 5.74) is -0.481. The maximum absolute atomic E-state index is 12.7. The van der Waals surface area contributed by atoms with Crippen LogP contribution >= 0.6 is 10.7 Å². The van der Waals surface area contributed by atoms with Gasteiger partial charge in [0.2, 0.25) is 10.0 Å². The van der Waals surface area contributed by atoms with Crippen LogP contribution in [0.4, 0.5) is 13.2 Å². The first-order valence-corrected chi connectivity index (χ1v) is 10.9. The van der Waals surface area contributed by atoms with Gasteiger partial charge in [0.15, 0.2) is 0 Å². The molecule has 0 aliphatic carbocycles. The number of amides is 1. The highest BCUT2D eigenvalue weighted by Gasteiger charge is 2.44. The van der Waals surface area contributed by atoms with Gasteiger partial charge in [-0.25, -0.2) is 16.8 Å². The van der Waals surface area contributed by atoms with Crippen LogP contribution in [0.15, 0.2) is 28.0 Å². The second kappa shape index (κ2) is 7.27. The molecule has 0 N–H and O–H groups in total. The average Bonchev–Trinajstić information content (AvgIpc) is 2.59. The molecule has 0 radical (unpaired) electrons. The number of rotatable bonds is 3. The molecule has 0 spiro atoms. The van der Waals surface area contributed by atoms with Crippen LogP contribution in [0.3, 0.4) is 0 Å². The predicted molar refractivity (Wildman–Crippen MR) is 85.6 cm³/mol. The molecule has 148 valence electrons. The summed E-state index contributed by atoms with van der Waals surface area (Å²) in [4.78, 5) is 10.7. The van der Waals surface area contributed by atoms with E-state index >= 15 is 0 Å². The minimum absolute atomic E-state index is 0.412. The van der Waals surface area contributed by atoms with Gasteiger partial charge < -0.3 is 4.90 Å². The molecule has 1 aromatic rings. The van der Waals surface area contributed by atoms with E-state index in [1.54, 1.807) is 6.07 Å². The van der Waals surface area contributed by atoms with Gasteiger partial charge in [0, 0.05) is 36.9 Å². The highest BCUT2D eigenvalue weighted by atomic mass is 35.7. The summed E-state index contributed by atoms with van der Waals surface area (Å²) < 4.78 is 86.1. The Labute approximate surface area is 157 Å². The zero-order valence-corrected chi connectivity index (χ0v) is 15.7. The molecule has 1 heterocycles. The number of hydrogen-bond donors (Lipinski definition) is 0. The lowest BCUT2D eigenvalue weighted by Gasteiger charge is -2.34. The summed E-state index contributed by atoms with van der Waals surface area (Å²) in [7, 11) is -3.33. The van der Waals surface area contributed by atoms with Crippen molar-refractivity contribution in [1.82, 2.24) is 9.21 Å². The predicted octanol–water partition coefficient (Wildman–Crippen LogP) is 0.881. The van der Waals surface area contributed by atoms with E-state index in [-0.39, 0.29) is 0 Å². The molecule has 0 bridgehead atoms. The molecule has 8 nitrogen and oxygen atoms in total. The first kappa shape index (κ1) is 21.4. The minimum Gasteiger partial charge on any atom is -0.332 e. The van der Waals surface area contributed by atoms with Crippen LogP contribution in [0.25, 0.3) is 0 Å². The molecule has 0 aromatic heterocycles. The van der Waals surface area contributed by atoms with Gasteiger partial charge in [-0.3, -0.25) is 4.79 Å². The van der Waals surface area contributed by atoms with Gasteiger partial charge in [-0.05, 0) is 18.2 Å². The summed E-state index contributed by atoms with van der Waals surface area (Å²) >= 11 is 0. The first-order valence-electron chi connectivity index (χ1n) is 7.13. The second-order valence-electron chi connectivity index (χ2n) is 5.40. The quantitative estimate of drug-likeness (QED) is 0.638. The molecule has 1 amide bonds. The normalized spacial score (nSPS) is 16.8. The van der Waals surface area contributed by atoms with E-state index in [1.165, 1.54) is 0 Å². The van der Waals surface area contributed by atoms with E-state index in [9.17, 15) is 34.8 Å². The lowest BCUT2D eigenvalue weighted by molar-refractivity contribution is -0.186. The molecule has 0 unspecified atom stereocenters. The fourth-order valence-electron chi connectivity index (χ4n) is 2.42. The molecule has 1 aliphatic heterocycles. The van der Waals surface area contributed by atoms with Crippen LogP contribution in [-0.2, 0) is 23.9 Å². The van der Waals surface area contributed by atoms with Gasteiger partial charge in [0.1, 0.15) is 11.0 Å². The Kier molecular flexibility index (Phi) is 5.77. The largest absolute Gasteiger partial charge is 0.471 e. The third-order valence-electron chi connectivity index (χ3n) is 3.74. The molecule has 14 heteroatoms. The smallest absolute Gasteiger partial charge is 0.332 e. The number of benzene rings is 1. The summed E-state index contributed by atoms with van der Waals surface area (Å²) in [6.07, 6.45) is -5.06. The zero-order chi connectivity index (χ0) is 20.6. The molecule has 1 fully saturated rings. The molecular weight excluding hydrogens is 435 g/mol. The van der Waals surface area contributed by atoms with E-state index in [1.807, 2.05) is 0 Å². The number of sulfonamides is 1. The minimum atomic E-state index is -5.06. The van der Waals surface area contributed by atoms with Crippen molar-refractivity contribution in [2.45, 2.75) is 16.0 Å². The van der Waals surface area contributed by atoms with Crippen molar-refractivity contribution in [2.75, 3.05) is 26.2 Å². The Morgan fingerprint density at radius 1 is 1.11 bits per heavy atom. The van der Waals surface area contributed by atoms with Crippen LogP contribution < -0.4 is 0 Å². The number of alkyl halides is 3. The molecule has 0 atom stereocenters. The number of carbonyl (C=O) groups excluding carboxylic acids is 1. The number of nitrogens with zero attached hydrogens (tertiary/aromatic N) is 3. The summed E-state index contributed by atoms with van der Waals surface area (Å²) in [6.45, 7) is -1.78. The Hall–Kier alpha value is -1.88. The van der Waals surface area contributed by atoms with Crippen molar-refractivity contribution < 1.29 is 34.8 Å². The first-order chi connectivity index (χ1) is 12.3. The third-order valence-corrected chi connectivity index (χ3v) is 7.05. The number of piperazine rings is 1. The van der Waals surface area contributed by atoms with Gasteiger partial charge in [-0.2, -0.15) is 22.7 Å². The van der Waals surface area contributed by atoms with Crippen molar-refractivity contribution >= 4 is 35.7 Å². The van der Waals surface area contributed by atoms with Gasteiger partial charge in [0.05, 0.1) is 10.5 Å². The fourth-order valence-corrected chi connectivity index (χ4v) is 4.74. The van der Waals surface area contributed by atoms with E-state index in [0.717, 1.165) is 22.5 Å². The number of carbonyl (C=O) groups is 1. The average molecular weight is 446 g/mol. The standard InChI is InChI=1S/C13H11ClF3N3O5S2/c14-26(22,23)10-1-2-11(9(7-10)8-18)27(24,25)20-5-3-19(4-6-20)12(21)13(15,16)17/h1-2,7H,3-6H2. The zero-order valence-electron chi connectivity index (χ0n) is 13.3. The SMILES string of the molecule is N#Cc1cc(S(=O)(=O)Cl)ccc1S(=O)(=O)N1CCN(C(=O)C(F)(F)F)CC1. The molecule has 2 rings (SSSR count). The Morgan fingerprint density at radius 2 is 1.67 bits per heavy atom. The van der Waals surface area contributed by atoms with Crippen molar-refractivity contribution in [2.24, 2.45) is 0 Å². The Morgan fingerprint density at radius 3 is 2.11 bits per heavy atom. The van der Waals surface area contributed by atoms with Crippen LogP contribution in [0.1, 0.15) is 5.56 Å². The fraction of sp³-hybridized carbons (Fsp3) is 0.385. The topological polar surface area (TPSA) is 116 Å². The summed E-state index contributed by atoms with van der Waals surface area (Å²) in [6, 6.07) is 4.14. The van der Waals surface area contributed by atoms with Crippen LogP contribution in [-0.4, -0.2) is 64.3 Å². The lowest BCUT2D eigenvalue weighted by atomic mass is 10.2.